The second kappa shape index (κ2) is 7.99. The lowest BCUT2D eigenvalue weighted by molar-refractivity contribution is -0.122. The topological polar surface area (TPSA) is 58.6 Å². The van der Waals surface area contributed by atoms with Crippen LogP contribution < -0.4 is 15.0 Å². The third-order valence-electron chi connectivity index (χ3n) is 3.85. The lowest BCUT2D eigenvalue weighted by Crippen LogP contribution is -2.31. The summed E-state index contributed by atoms with van der Waals surface area (Å²) in [5.74, 6) is 1.50. The van der Waals surface area contributed by atoms with Crippen LogP contribution in [-0.4, -0.2) is 31.5 Å². The molecule has 1 atom stereocenters. The van der Waals surface area contributed by atoms with Gasteiger partial charge in [0.2, 0.25) is 11.8 Å². The van der Waals surface area contributed by atoms with E-state index < -0.39 is 0 Å². The average molecular weight is 318 g/mol. The van der Waals surface area contributed by atoms with Crippen LogP contribution in [0.2, 0.25) is 0 Å². The summed E-state index contributed by atoms with van der Waals surface area (Å²) in [5.41, 5.74) is 0.884. The zero-order chi connectivity index (χ0) is 16.8. The van der Waals surface area contributed by atoms with Crippen molar-refractivity contribution in [2.24, 2.45) is 11.8 Å². The van der Waals surface area contributed by atoms with Crippen molar-refractivity contribution in [1.82, 2.24) is 5.32 Å². The third kappa shape index (κ3) is 4.98. The van der Waals surface area contributed by atoms with E-state index >= 15 is 0 Å². The molecule has 1 fully saturated rings. The lowest BCUT2D eigenvalue weighted by atomic mass is 10.1. The fourth-order valence-corrected chi connectivity index (χ4v) is 2.76. The number of benzene rings is 1. The Morgan fingerprint density at radius 2 is 2.04 bits per heavy atom. The van der Waals surface area contributed by atoms with E-state index in [2.05, 4.69) is 5.32 Å². The molecule has 5 heteroatoms. The van der Waals surface area contributed by atoms with Gasteiger partial charge in [-0.2, -0.15) is 0 Å². The minimum absolute atomic E-state index is 0.0620. The van der Waals surface area contributed by atoms with Crippen LogP contribution >= 0.6 is 0 Å². The van der Waals surface area contributed by atoms with E-state index in [0.717, 1.165) is 11.4 Å². The van der Waals surface area contributed by atoms with Gasteiger partial charge in [0.15, 0.2) is 0 Å². The number of ether oxygens (including phenoxy) is 1. The molecule has 2 rings (SSSR count). The average Bonchev–Trinajstić information content (AvgIpc) is 2.87. The van der Waals surface area contributed by atoms with Crippen LogP contribution in [0, 0.1) is 11.8 Å². The van der Waals surface area contributed by atoms with Crippen molar-refractivity contribution in [3.63, 3.8) is 0 Å². The Balaban J connectivity index is 1.88. The second-order valence-corrected chi connectivity index (χ2v) is 6.40. The molecule has 1 aromatic rings. The molecule has 0 saturated carbocycles. The maximum atomic E-state index is 12.2. The molecule has 0 spiro atoms. The summed E-state index contributed by atoms with van der Waals surface area (Å²) >= 11 is 0. The van der Waals surface area contributed by atoms with Crippen LogP contribution in [0.5, 0.6) is 5.75 Å². The predicted octanol–water partition coefficient (Wildman–Crippen LogP) is 2.60. The maximum Gasteiger partial charge on any atom is 0.227 e. The molecule has 0 bridgehead atoms. The Kier molecular flexibility index (Phi) is 6.02. The third-order valence-corrected chi connectivity index (χ3v) is 3.85. The quantitative estimate of drug-likeness (QED) is 0.840. The van der Waals surface area contributed by atoms with Gasteiger partial charge in [-0.15, -0.1) is 0 Å². The van der Waals surface area contributed by atoms with E-state index in [4.69, 9.17) is 4.74 Å². The van der Waals surface area contributed by atoms with E-state index in [1.54, 1.807) is 4.90 Å². The molecule has 1 aliphatic rings. The Bertz CT molecular complexity index is 540. The highest BCUT2D eigenvalue weighted by Gasteiger charge is 2.30. The van der Waals surface area contributed by atoms with Crippen molar-refractivity contribution in [1.29, 1.82) is 0 Å². The number of carbonyl (C=O) groups is 2. The van der Waals surface area contributed by atoms with Gasteiger partial charge in [-0.25, -0.2) is 0 Å². The highest BCUT2D eigenvalue weighted by molar-refractivity contribution is 5.95. The van der Waals surface area contributed by atoms with Gasteiger partial charge in [-0.1, -0.05) is 13.8 Å². The van der Waals surface area contributed by atoms with Gasteiger partial charge in [0.25, 0.3) is 0 Å². The molecule has 5 nitrogen and oxygen atoms in total. The van der Waals surface area contributed by atoms with Crippen molar-refractivity contribution in [2.45, 2.75) is 33.6 Å². The van der Waals surface area contributed by atoms with Crippen LogP contribution in [0.15, 0.2) is 24.3 Å². The number of nitrogens with one attached hydrogen (secondary N) is 1. The molecule has 1 unspecified atom stereocenters. The Morgan fingerprint density at radius 3 is 2.65 bits per heavy atom. The van der Waals surface area contributed by atoms with Crippen molar-refractivity contribution >= 4 is 17.5 Å². The molecular weight excluding hydrogens is 292 g/mol. The highest BCUT2D eigenvalue weighted by Crippen LogP contribution is 2.26. The summed E-state index contributed by atoms with van der Waals surface area (Å²) in [7, 11) is 0. The van der Waals surface area contributed by atoms with Crippen molar-refractivity contribution < 1.29 is 14.3 Å². The first kappa shape index (κ1) is 17.3. The highest BCUT2D eigenvalue weighted by atomic mass is 16.5. The van der Waals surface area contributed by atoms with Gasteiger partial charge in [0, 0.05) is 37.5 Å². The van der Waals surface area contributed by atoms with E-state index in [9.17, 15) is 9.59 Å². The van der Waals surface area contributed by atoms with Crippen molar-refractivity contribution in [3.8, 4) is 5.75 Å². The van der Waals surface area contributed by atoms with Crippen LogP contribution in [0.25, 0.3) is 0 Å². The van der Waals surface area contributed by atoms with E-state index in [1.165, 1.54) is 0 Å². The summed E-state index contributed by atoms with van der Waals surface area (Å²) < 4.78 is 5.42. The molecule has 0 radical (unpaired) electrons. The molecule has 0 aromatic heterocycles. The van der Waals surface area contributed by atoms with Crippen LogP contribution in [-0.2, 0) is 9.59 Å². The fraction of sp³-hybridized carbons (Fsp3) is 0.556. The van der Waals surface area contributed by atoms with E-state index in [1.807, 2.05) is 45.0 Å². The molecule has 1 aliphatic heterocycles. The Morgan fingerprint density at radius 1 is 1.35 bits per heavy atom. The second-order valence-electron chi connectivity index (χ2n) is 6.40. The van der Waals surface area contributed by atoms with Gasteiger partial charge in [-0.05, 0) is 37.1 Å². The normalized spacial score (nSPS) is 17.7. The summed E-state index contributed by atoms with van der Waals surface area (Å²) in [6.07, 6.45) is 1.01. The zero-order valence-electron chi connectivity index (χ0n) is 14.2. The van der Waals surface area contributed by atoms with Gasteiger partial charge in [0.1, 0.15) is 5.75 Å². The van der Waals surface area contributed by atoms with Crippen molar-refractivity contribution in [3.05, 3.63) is 24.3 Å². The summed E-state index contributed by atoms with van der Waals surface area (Å²) in [6, 6.07) is 7.57. The number of amides is 2. The molecule has 1 heterocycles. The first-order valence-corrected chi connectivity index (χ1v) is 8.29. The van der Waals surface area contributed by atoms with Gasteiger partial charge in [-0.3, -0.25) is 9.59 Å². The molecule has 126 valence electrons. The number of nitrogens with zero attached hydrogens (tertiary/aromatic N) is 1. The fourth-order valence-electron chi connectivity index (χ4n) is 2.76. The first-order valence-electron chi connectivity index (χ1n) is 8.29. The number of hydrogen-bond donors (Lipinski definition) is 1. The standard InChI is InChI=1S/C18H26N2O3/c1-4-23-16-7-5-15(6-8-16)20-12-14(10-18(20)22)11-19-17(21)9-13(2)3/h5-8,13-14H,4,9-12H2,1-3H3,(H,19,21). The number of rotatable bonds is 7. The first-order chi connectivity index (χ1) is 11.0. The van der Waals surface area contributed by atoms with Crippen LogP contribution in [0.1, 0.15) is 33.6 Å². The van der Waals surface area contributed by atoms with Crippen LogP contribution in [0.4, 0.5) is 5.69 Å². The zero-order valence-corrected chi connectivity index (χ0v) is 14.2. The van der Waals surface area contributed by atoms with Gasteiger partial charge < -0.3 is 15.0 Å². The molecular formula is C18H26N2O3. The van der Waals surface area contributed by atoms with Crippen molar-refractivity contribution in [2.75, 3.05) is 24.6 Å². The molecule has 1 aromatic carbocycles. The Hall–Kier alpha value is -2.04. The van der Waals surface area contributed by atoms with Gasteiger partial charge in [0.05, 0.1) is 6.61 Å². The summed E-state index contributed by atoms with van der Waals surface area (Å²) in [6.45, 7) is 7.81. The minimum Gasteiger partial charge on any atom is -0.494 e. The summed E-state index contributed by atoms with van der Waals surface area (Å²) in [4.78, 5) is 25.7. The number of hydrogen-bond acceptors (Lipinski definition) is 3. The largest absolute Gasteiger partial charge is 0.494 e. The van der Waals surface area contributed by atoms with Crippen LogP contribution in [0.3, 0.4) is 0 Å². The lowest BCUT2D eigenvalue weighted by Gasteiger charge is -2.17. The Labute approximate surface area is 138 Å². The maximum absolute atomic E-state index is 12.2. The molecule has 1 N–H and O–H groups in total. The molecule has 0 aliphatic carbocycles. The number of carbonyl (C=O) groups excluding carboxylic acids is 2. The van der Waals surface area contributed by atoms with Gasteiger partial charge >= 0.3 is 0 Å². The SMILES string of the molecule is CCOc1ccc(N2CC(CNC(=O)CC(C)C)CC2=O)cc1. The predicted molar refractivity (Wildman–Crippen MR) is 90.5 cm³/mol. The molecule has 1 saturated heterocycles. The number of anilines is 1. The van der Waals surface area contributed by atoms with E-state index in [-0.39, 0.29) is 17.7 Å². The monoisotopic (exact) mass is 318 g/mol. The molecule has 2 amide bonds. The smallest absolute Gasteiger partial charge is 0.227 e. The molecule has 23 heavy (non-hydrogen) atoms. The van der Waals surface area contributed by atoms with E-state index in [0.29, 0.717) is 38.5 Å². The minimum atomic E-state index is 0.0620. The summed E-state index contributed by atoms with van der Waals surface area (Å²) in [5, 5.41) is 2.94.